The standard InChI is InChI=1S/C16H22ClN3O/c1-3-7-20-12-13(11-19-20)10-18-14-5-6-16(15(17)9-14)21-8-4-2/h5-6,9,11-12,18H,3-4,7-8,10H2,1-2H3. The number of aromatic nitrogens is 2. The van der Waals surface area contributed by atoms with Crippen molar-refractivity contribution in [3.05, 3.63) is 41.2 Å². The van der Waals surface area contributed by atoms with Crippen LogP contribution in [-0.4, -0.2) is 16.4 Å². The van der Waals surface area contributed by atoms with Gasteiger partial charge in [-0.15, -0.1) is 0 Å². The van der Waals surface area contributed by atoms with Crippen LogP contribution in [0.5, 0.6) is 5.75 Å². The fraction of sp³-hybridized carbons (Fsp3) is 0.438. The minimum atomic E-state index is 0.634. The molecule has 1 heterocycles. The first-order valence-electron chi connectivity index (χ1n) is 7.40. The monoisotopic (exact) mass is 307 g/mol. The lowest BCUT2D eigenvalue weighted by atomic mass is 10.2. The van der Waals surface area contributed by atoms with E-state index in [-0.39, 0.29) is 0 Å². The van der Waals surface area contributed by atoms with Gasteiger partial charge in [0.1, 0.15) is 5.75 Å². The van der Waals surface area contributed by atoms with Crippen molar-refractivity contribution in [3.63, 3.8) is 0 Å². The lowest BCUT2D eigenvalue weighted by molar-refractivity contribution is 0.317. The molecule has 21 heavy (non-hydrogen) atoms. The molecule has 0 aliphatic heterocycles. The highest BCUT2D eigenvalue weighted by atomic mass is 35.5. The van der Waals surface area contributed by atoms with Gasteiger partial charge in [-0.1, -0.05) is 25.4 Å². The lowest BCUT2D eigenvalue weighted by Gasteiger charge is -2.10. The van der Waals surface area contributed by atoms with Crippen LogP contribution < -0.4 is 10.1 Å². The van der Waals surface area contributed by atoms with E-state index in [1.807, 2.05) is 29.1 Å². The van der Waals surface area contributed by atoms with Gasteiger partial charge in [0, 0.05) is 30.5 Å². The molecule has 114 valence electrons. The molecule has 1 aromatic carbocycles. The van der Waals surface area contributed by atoms with E-state index < -0.39 is 0 Å². The number of nitrogens with one attached hydrogen (secondary N) is 1. The predicted molar refractivity (Wildman–Crippen MR) is 87.1 cm³/mol. The van der Waals surface area contributed by atoms with Crippen LogP contribution in [0.2, 0.25) is 5.02 Å². The van der Waals surface area contributed by atoms with E-state index in [0.29, 0.717) is 11.6 Å². The molecule has 0 atom stereocenters. The van der Waals surface area contributed by atoms with Crippen molar-refractivity contribution >= 4 is 17.3 Å². The molecule has 0 unspecified atom stereocenters. The topological polar surface area (TPSA) is 39.1 Å². The molecule has 0 bridgehead atoms. The minimum absolute atomic E-state index is 0.634. The first-order chi connectivity index (χ1) is 10.2. The maximum Gasteiger partial charge on any atom is 0.138 e. The number of hydrogen-bond acceptors (Lipinski definition) is 3. The van der Waals surface area contributed by atoms with Gasteiger partial charge >= 0.3 is 0 Å². The maximum atomic E-state index is 6.21. The number of rotatable bonds is 8. The Balaban J connectivity index is 1.91. The third-order valence-corrected chi connectivity index (χ3v) is 3.33. The molecule has 5 heteroatoms. The summed E-state index contributed by atoms with van der Waals surface area (Å²) in [6.45, 7) is 6.58. The number of nitrogens with zero attached hydrogens (tertiary/aromatic N) is 2. The summed E-state index contributed by atoms with van der Waals surface area (Å²) in [7, 11) is 0. The smallest absolute Gasteiger partial charge is 0.138 e. The summed E-state index contributed by atoms with van der Waals surface area (Å²) >= 11 is 6.21. The Bertz CT molecular complexity index is 568. The second kappa shape index (κ2) is 7.93. The quantitative estimate of drug-likeness (QED) is 0.788. The number of anilines is 1. The average molecular weight is 308 g/mol. The van der Waals surface area contributed by atoms with E-state index in [4.69, 9.17) is 16.3 Å². The molecule has 0 aliphatic carbocycles. The van der Waals surface area contributed by atoms with Crippen LogP contribution in [0.25, 0.3) is 0 Å². The Hall–Kier alpha value is -1.68. The summed E-state index contributed by atoms with van der Waals surface area (Å²) < 4.78 is 7.52. The van der Waals surface area contributed by atoms with Crippen LogP contribution in [0.15, 0.2) is 30.6 Å². The maximum absolute atomic E-state index is 6.21. The fourth-order valence-corrected chi connectivity index (χ4v) is 2.23. The highest BCUT2D eigenvalue weighted by Gasteiger charge is 2.04. The van der Waals surface area contributed by atoms with E-state index in [9.17, 15) is 0 Å². The zero-order valence-electron chi connectivity index (χ0n) is 12.6. The van der Waals surface area contributed by atoms with E-state index in [1.165, 1.54) is 0 Å². The Kier molecular flexibility index (Phi) is 5.93. The van der Waals surface area contributed by atoms with E-state index in [0.717, 1.165) is 42.9 Å². The van der Waals surface area contributed by atoms with Gasteiger partial charge in [0.15, 0.2) is 0 Å². The third-order valence-electron chi connectivity index (χ3n) is 3.03. The highest BCUT2D eigenvalue weighted by molar-refractivity contribution is 6.32. The van der Waals surface area contributed by atoms with Crippen molar-refractivity contribution < 1.29 is 4.74 Å². The number of halogens is 1. The Labute approximate surface area is 131 Å². The van der Waals surface area contributed by atoms with Crippen molar-refractivity contribution in [2.75, 3.05) is 11.9 Å². The molecule has 0 radical (unpaired) electrons. The SMILES string of the molecule is CCCOc1ccc(NCc2cnn(CCC)c2)cc1Cl. The van der Waals surface area contributed by atoms with Gasteiger partial charge in [0.2, 0.25) is 0 Å². The molecule has 0 saturated heterocycles. The van der Waals surface area contributed by atoms with Gasteiger partial charge in [0.25, 0.3) is 0 Å². The molecular weight excluding hydrogens is 286 g/mol. The minimum Gasteiger partial charge on any atom is -0.492 e. The van der Waals surface area contributed by atoms with E-state index in [2.05, 4.69) is 30.5 Å². The fourth-order valence-electron chi connectivity index (χ4n) is 1.99. The number of aryl methyl sites for hydroxylation is 1. The number of benzene rings is 1. The van der Waals surface area contributed by atoms with Gasteiger partial charge in [0.05, 0.1) is 17.8 Å². The zero-order chi connectivity index (χ0) is 15.1. The second-order valence-electron chi connectivity index (χ2n) is 4.96. The van der Waals surface area contributed by atoms with Gasteiger partial charge < -0.3 is 10.1 Å². The van der Waals surface area contributed by atoms with E-state index in [1.54, 1.807) is 0 Å². The first kappa shape index (κ1) is 15.7. The van der Waals surface area contributed by atoms with Crippen LogP contribution in [0.4, 0.5) is 5.69 Å². The third kappa shape index (κ3) is 4.67. The molecular formula is C16H22ClN3O. The van der Waals surface area contributed by atoms with Crippen LogP contribution in [0, 0.1) is 0 Å². The molecule has 0 amide bonds. The molecule has 2 aromatic rings. The predicted octanol–water partition coefficient (Wildman–Crippen LogP) is 4.35. The van der Waals surface area contributed by atoms with Crippen molar-refractivity contribution in [2.24, 2.45) is 0 Å². The lowest BCUT2D eigenvalue weighted by Crippen LogP contribution is -2.00. The molecule has 1 N–H and O–H groups in total. The van der Waals surface area contributed by atoms with Crippen LogP contribution in [-0.2, 0) is 13.1 Å². The molecule has 4 nitrogen and oxygen atoms in total. The average Bonchev–Trinajstić information content (AvgIpc) is 2.92. The summed E-state index contributed by atoms with van der Waals surface area (Å²) in [4.78, 5) is 0. The van der Waals surface area contributed by atoms with Crippen molar-refractivity contribution in [2.45, 2.75) is 39.8 Å². The molecule has 0 fully saturated rings. The van der Waals surface area contributed by atoms with Crippen molar-refractivity contribution in [1.82, 2.24) is 9.78 Å². The van der Waals surface area contributed by atoms with Crippen molar-refractivity contribution in [1.29, 1.82) is 0 Å². The molecule has 1 aromatic heterocycles. The van der Waals surface area contributed by atoms with Crippen LogP contribution in [0.1, 0.15) is 32.3 Å². The number of ether oxygens (including phenoxy) is 1. The van der Waals surface area contributed by atoms with Gasteiger partial charge in [-0.25, -0.2) is 0 Å². The summed E-state index contributed by atoms with van der Waals surface area (Å²) in [5, 5.41) is 8.30. The largest absolute Gasteiger partial charge is 0.492 e. The number of hydrogen-bond donors (Lipinski definition) is 1. The van der Waals surface area contributed by atoms with Gasteiger partial charge in [-0.3, -0.25) is 4.68 Å². The molecule has 0 saturated carbocycles. The summed E-state index contributed by atoms with van der Waals surface area (Å²) in [5.41, 5.74) is 2.14. The van der Waals surface area contributed by atoms with Crippen LogP contribution >= 0.6 is 11.6 Å². The Morgan fingerprint density at radius 1 is 1.29 bits per heavy atom. The Morgan fingerprint density at radius 2 is 2.14 bits per heavy atom. The van der Waals surface area contributed by atoms with Crippen molar-refractivity contribution in [3.8, 4) is 5.75 Å². The summed E-state index contributed by atoms with van der Waals surface area (Å²) in [6.07, 6.45) is 6.02. The summed E-state index contributed by atoms with van der Waals surface area (Å²) in [5.74, 6) is 0.736. The Morgan fingerprint density at radius 3 is 2.86 bits per heavy atom. The molecule has 0 spiro atoms. The summed E-state index contributed by atoms with van der Waals surface area (Å²) in [6, 6.07) is 5.77. The zero-order valence-corrected chi connectivity index (χ0v) is 13.4. The highest BCUT2D eigenvalue weighted by Crippen LogP contribution is 2.28. The second-order valence-corrected chi connectivity index (χ2v) is 5.37. The van der Waals surface area contributed by atoms with Gasteiger partial charge in [-0.2, -0.15) is 5.10 Å². The van der Waals surface area contributed by atoms with Gasteiger partial charge in [-0.05, 0) is 31.0 Å². The van der Waals surface area contributed by atoms with E-state index >= 15 is 0 Å². The molecule has 2 rings (SSSR count). The normalized spacial score (nSPS) is 10.6. The van der Waals surface area contributed by atoms with Crippen LogP contribution in [0.3, 0.4) is 0 Å². The molecule has 0 aliphatic rings. The first-order valence-corrected chi connectivity index (χ1v) is 7.78.